The normalized spacial score (nSPS) is 23.0. The third-order valence-corrected chi connectivity index (χ3v) is 5.78. The van der Waals surface area contributed by atoms with Gasteiger partial charge in [0.1, 0.15) is 0 Å². The lowest BCUT2D eigenvalue weighted by Crippen LogP contribution is -2.28. The first kappa shape index (κ1) is 14.2. The largest absolute Gasteiger partial charge is 0.336 e. The van der Waals surface area contributed by atoms with Crippen molar-refractivity contribution in [2.24, 2.45) is 0 Å². The molecule has 0 spiro atoms. The van der Waals surface area contributed by atoms with Gasteiger partial charge in [-0.1, -0.05) is 11.6 Å². The van der Waals surface area contributed by atoms with Gasteiger partial charge < -0.3 is 9.47 Å². The van der Waals surface area contributed by atoms with Crippen molar-refractivity contribution >= 4 is 10.9 Å². The molecule has 0 saturated heterocycles. The molecule has 5 rings (SSSR count). The molecule has 3 aromatic rings. The Labute approximate surface area is 142 Å². The predicted octanol–water partition coefficient (Wildman–Crippen LogP) is 4.18. The third-order valence-electron chi connectivity index (χ3n) is 5.78. The molecule has 0 saturated carbocycles. The number of likely N-dealkylation sites (N-methyl/N-ethyl adjacent to an activating group) is 1. The van der Waals surface area contributed by atoms with Crippen LogP contribution in [0.5, 0.6) is 0 Å². The molecule has 0 bridgehead atoms. The smallest absolute Gasteiger partial charge is 0.0596 e. The minimum Gasteiger partial charge on any atom is -0.336 e. The van der Waals surface area contributed by atoms with E-state index >= 15 is 0 Å². The molecule has 122 valence electrons. The van der Waals surface area contributed by atoms with Crippen LogP contribution in [0.1, 0.15) is 46.5 Å². The van der Waals surface area contributed by atoms with E-state index in [1.54, 1.807) is 11.3 Å². The lowest BCUT2D eigenvalue weighted by molar-refractivity contribution is 0.282. The molecule has 2 atom stereocenters. The summed E-state index contributed by atoms with van der Waals surface area (Å²) in [6.45, 7) is 6.53. The summed E-state index contributed by atoms with van der Waals surface area (Å²) in [5.74, 6) is 0.643. The number of pyridine rings is 1. The topological polar surface area (TPSA) is 21.1 Å². The Morgan fingerprint density at radius 1 is 1.12 bits per heavy atom. The van der Waals surface area contributed by atoms with Gasteiger partial charge in [-0.05, 0) is 62.7 Å². The van der Waals surface area contributed by atoms with Crippen LogP contribution in [0.4, 0.5) is 0 Å². The minimum absolute atomic E-state index is 0.442. The van der Waals surface area contributed by atoms with Gasteiger partial charge in [0, 0.05) is 47.5 Å². The minimum atomic E-state index is 0.442. The Balaban J connectivity index is 1.79. The number of hydrogen-bond donors (Lipinski definition) is 0. The molecular formula is C21H23N3. The zero-order valence-corrected chi connectivity index (χ0v) is 14.6. The van der Waals surface area contributed by atoms with Gasteiger partial charge in [0.2, 0.25) is 0 Å². The number of aromatic nitrogens is 2. The van der Waals surface area contributed by atoms with Gasteiger partial charge in [0.25, 0.3) is 0 Å². The highest BCUT2D eigenvalue weighted by Gasteiger charge is 2.39. The van der Waals surface area contributed by atoms with Gasteiger partial charge >= 0.3 is 0 Å². The quantitative estimate of drug-likeness (QED) is 0.671. The van der Waals surface area contributed by atoms with Gasteiger partial charge in [-0.3, -0.25) is 4.98 Å². The van der Waals surface area contributed by atoms with Crippen LogP contribution < -0.4 is 0 Å². The summed E-state index contributed by atoms with van der Waals surface area (Å²) >= 11 is 0. The molecule has 0 amide bonds. The SMILES string of the molecule is Cc1ccc2c(c1)c1c3n2C(c2ccnc(C)c2)CC3CN(C)C1. The maximum Gasteiger partial charge on any atom is 0.0596 e. The molecule has 0 radical (unpaired) electrons. The maximum atomic E-state index is 4.39. The molecular weight excluding hydrogens is 294 g/mol. The molecule has 0 N–H and O–H groups in total. The Bertz CT molecular complexity index is 953. The summed E-state index contributed by atoms with van der Waals surface area (Å²) in [5.41, 5.74) is 8.41. The average Bonchev–Trinajstić information content (AvgIpc) is 3.07. The molecule has 4 heterocycles. The lowest BCUT2D eigenvalue weighted by atomic mass is 9.91. The van der Waals surface area contributed by atoms with Gasteiger partial charge in [-0.2, -0.15) is 0 Å². The van der Waals surface area contributed by atoms with Crippen molar-refractivity contribution in [3.63, 3.8) is 0 Å². The van der Waals surface area contributed by atoms with E-state index in [0.717, 1.165) is 12.2 Å². The van der Waals surface area contributed by atoms with E-state index in [9.17, 15) is 0 Å². The van der Waals surface area contributed by atoms with E-state index in [2.05, 4.69) is 65.7 Å². The summed E-state index contributed by atoms with van der Waals surface area (Å²) < 4.78 is 2.64. The van der Waals surface area contributed by atoms with E-state index < -0.39 is 0 Å². The molecule has 3 nitrogen and oxygen atoms in total. The Morgan fingerprint density at radius 3 is 2.83 bits per heavy atom. The Hall–Kier alpha value is -2.13. The van der Waals surface area contributed by atoms with Gasteiger partial charge in [-0.15, -0.1) is 0 Å². The van der Waals surface area contributed by atoms with E-state index in [4.69, 9.17) is 0 Å². The second-order valence-corrected chi connectivity index (χ2v) is 7.63. The fourth-order valence-electron chi connectivity index (χ4n) is 4.88. The van der Waals surface area contributed by atoms with E-state index in [1.165, 1.54) is 35.0 Å². The number of benzene rings is 1. The van der Waals surface area contributed by atoms with Crippen molar-refractivity contribution in [1.29, 1.82) is 0 Å². The van der Waals surface area contributed by atoms with Crippen LogP contribution in [0.25, 0.3) is 10.9 Å². The molecule has 0 fully saturated rings. The van der Waals surface area contributed by atoms with Crippen molar-refractivity contribution in [1.82, 2.24) is 14.5 Å². The van der Waals surface area contributed by atoms with Crippen LogP contribution in [0.15, 0.2) is 36.5 Å². The van der Waals surface area contributed by atoms with Crippen LogP contribution in [0.2, 0.25) is 0 Å². The van der Waals surface area contributed by atoms with Crippen molar-refractivity contribution in [3.8, 4) is 0 Å². The fraction of sp³-hybridized carbons (Fsp3) is 0.381. The zero-order chi connectivity index (χ0) is 16.4. The fourth-order valence-corrected chi connectivity index (χ4v) is 4.88. The summed E-state index contributed by atoms with van der Waals surface area (Å²) in [6, 6.07) is 11.9. The van der Waals surface area contributed by atoms with Crippen molar-refractivity contribution in [2.45, 2.75) is 38.8 Å². The highest BCUT2D eigenvalue weighted by Crippen LogP contribution is 2.49. The van der Waals surface area contributed by atoms with Crippen molar-refractivity contribution in [3.05, 3.63) is 64.6 Å². The van der Waals surface area contributed by atoms with Crippen LogP contribution >= 0.6 is 0 Å². The number of aryl methyl sites for hydroxylation is 2. The highest BCUT2D eigenvalue weighted by molar-refractivity contribution is 5.87. The summed E-state index contributed by atoms with van der Waals surface area (Å²) in [6.07, 6.45) is 3.17. The molecule has 2 aromatic heterocycles. The average molecular weight is 317 g/mol. The molecule has 3 heteroatoms. The first-order chi connectivity index (χ1) is 11.6. The van der Waals surface area contributed by atoms with Crippen LogP contribution in [-0.4, -0.2) is 28.0 Å². The maximum absolute atomic E-state index is 4.39. The third kappa shape index (κ3) is 1.91. The monoisotopic (exact) mass is 317 g/mol. The zero-order valence-electron chi connectivity index (χ0n) is 14.6. The van der Waals surface area contributed by atoms with Crippen LogP contribution in [0, 0.1) is 13.8 Å². The summed E-state index contributed by atoms with van der Waals surface area (Å²) in [4.78, 5) is 6.88. The number of rotatable bonds is 1. The number of hydrogen-bond acceptors (Lipinski definition) is 2. The van der Waals surface area contributed by atoms with E-state index in [1.807, 2.05) is 6.20 Å². The van der Waals surface area contributed by atoms with Gasteiger partial charge in [0.15, 0.2) is 0 Å². The standard InChI is InChI=1S/C21H23N3/c1-13-4-5-19-17(8-13)18-12-23(3)11-16-10-20(24(19)21(16)18)15-6-7-22-14(2)9-15/h4-9,16,20H,10-12H2,1-3H3. The predicted molar refractivity (Wildman–Crippen MR) is 97.5 cm³/mol. The van der Waals surface area contributed by atoms with Crippen LogP contribution in [0.3, 0.4) is 0 Å². The van der Waals surface area contributed by atoms with Gasteiger partial charge in [-0.25, -0.2) is 0 Å². The molecule has 1 aromatic carbocycles. The van der Waals surface area contributed by atoms with Crippen molar-refractivity contribution in [2.75, 3.05) is 13.6 Å². The molecule has 2 aliphatic heterocycles. The second-order valence-electron chi connectivity index (χ2n) is 7.63. The number of fused-ring (bicyclic) bond motifs is 3. The van der Waals surface area contributed by atoms with E-state index in [0.29, 0.717) is 12.0 Å². The Morgan fingerprint density at radius 2 is 2.00 bits per heavy atom. The number of nitrogens with zero attached hydrogens (tertiary/aromatic N) is 3. The van der Waals surface area contributed by atoms with E-state index in [-0.39, 0.29) is 0 Å². The summed E-state index contributed by atoms with van der Waals surface area (Å²) in [5, 5.41) is 1.46. The van der Waals surface area contributed by atoms with Crippen molar-refractivity contribution < 1.29 is 0 Å². The Kier molecular flexibility index (Phi) is 2.93. The first-order valence-electron chi connectivity index (χ1n) is 8.86. The highest BCUT2D eigenvalue weighted by atomic mass is 15.2. The molecule has 24 heavy (non-hydrogen) atoms. The van der Waals surface area contributed by atoms with Gasteiger partial charge in [0.05, 0.1) is 6.04 Å². The molecule has 0 aliphatic carbocycles. The lowest BCUT2D eigenvalue weighted by Gasteiger charge is -2.27. The summed E-state index contributed by atoms with van der Waals surface area (Å²) in [7, 11) is 2.26. The molecule has 2 unspecified atom stereocenters. The molecule has 2 aliphatic rings. The van der Waals surface area contributed by atoms with Crippen LogP contribution in [-0.2, 0) is 6.54 Å². The second kappa shape index (κ2) is 4.93. The first-order valence-corrected chi connectivity index (χ1v) is 8.86.